The third kappa shape index (κ3) is 4.05. The molecule has 1 aromatic heterocycles. The Morgan fingerprint density at radius 1 is 1.24 bits per heavy atom. The standard InChI is InChI=1S/C22H21ClN2O3S/c1-28-20-11-10-14(12-17(20)23)19(26)13-29-22-24-18-9-5-4-8-16(18)21(27)25(22)15-6-2-3-7-15/h4-5,8-12,15H,2-3,6-7,13H2,1H3. The van der Waals surface area contributed by atoms with Crippen LogP contribution in [0.1, 0.15) is 42.1 Å². The third-order valence-corrected chi connectivity index (χ3v) is 6.52. The number of nitrogens with zero attached hydrogens (tertiary/aromatic N) is 2. The maximum absolute atomic E-state index is 13.2. The summed E-state index contributed by atoms with van der Waals surface area (Å²) in [5.74, 6) is 0.641. The molecular formula is C22H21ClN2O3S. The molecule has 1 heterocycles. The van der Waals surface area contributed by atoms with Gasteiger partial charge in [0.05, 0.1) is 28.8 Å². The Morgan fingerprint density at radius 3 is 2.72 bits per heavy atom. The molecule has 2 aromatic carbocycles. The van der Waals surface area contributed by atoms with E-state index in [1.165, 1.54) is 18.9 Å². The molecule has 1 aliphatic rings. The van der Waals surface area contributed by atoms with Gasteiger partial charge >= 0.3 is 0 Å². The molecule has 0 bridgehead atoms. The van der Waals surface area contributed by atoms with E-state index >= 15 is 0 Å². The lowest BCUT2D eigenvalue weighted by Crippen LogP contribution is -2.26. The Bertz CT molecular complexity index is 1120. The number of rotatable bonds is 6. The summed E-state index contributed by atoms with van der Waals surface area (Å²) < 4.78 is 6.94. The minimum atomic E-state index is -0.0695. The van der Waals surface area contributed by atoms with E-state index in [1.54, 1.807) is 22.8 Å². The second-order valence-corrected chi connectivity index (χ2v) is 8.44. The van der Waals surface area contributed by atoms with E-state index < -0.39 is 0 Å². The molecule has 0 unspecified atom stereocenters. The van der Waals surface area contributed by atoms with E-state index in [9.17, 15) is 9.59 Å². The number of benzene rings is 2. The van der Waals surface area contributed by atoms with Gasteiger partial charge < -0.3 is 4.74 Å². The lowest BCUT2D eigenvalue weighted by atomic mass is 10.1. The molecule has 5 nitrogen and oxygen atoms in total. The zero-order valence-corrected chi connectivity index (χ0v) is 17.6. The summed E-state index contributed by atoms with van der Waals surface area (Å²) in [6.07, 6.45) is 4.15. The molecule has 0 spiro atoms. The molecule has 0 aliphatic heterocycles. The summed E-state index contributed by atoms with van der Waals surface area (Å²) in [5.41, 5.74) is 1.15. The van der Waals surface area contributed by atoms with Gasteiger partial charge in [-0.15, -0.1) is 0 Å². The topological polar surface area (TPSA) is 61.2 Å². The summed E-state index contributed by atoms with van der Waals surface area (Å²) in [4.78, 5) is 30.6. The highest BCUT2D eigenvalue weighted by Gasteiger charge is 2.23. The SMILES string of the molecule is COc1ccc(C(=O)CSc2nc3ccccc3c(=O)n2C2CCCC2)cc1Cl. The van der Waals surface area contributed by atoms with Crippen LogP contribution in [0.25, 0.3) is 10.9 Å². The number of para-hydroxylation sites is 1. The number of thioether (sulfide) groups is 1. The lowest BCUT2D eigenvalue weighted by Gasteiger charge is -2.18. The van der Waals surface area contributed by atoms with Crippen molar-refractivity contribution in [2.75, 3.05) is 12.9 Å². The Labute approximate surface area is 178 Å². The monoisotopic (exact) mass is 428 g/mol. The van der Waals surface area contributed by atoms with Crippen molar-refractivity contribution in [3.8, 4) is 5.75 Å². The highest BCUT2D eigenvalue weighted by molar-refractivity contribution is 7.99. The van der Waals surface area contributed by atoms with Crippen LogP contribution in [-0.4, -0.2) is 28.2 Å². The first-order chi connectivity index (χ1) is 14.1. The van der Waals surface area contributed by atoms with Crippen LogP contribution >= 0.6 is 23.4 Å². The normalized spacial score (nSPS) is 14.4. The maximum atomic E-state index is 13.2. The highest BCUT2D eigenvalue weighted by atomic mass is 35.5. The van der Waals surface area contributed by atoms with E-state index in [0.29, 0.717) is 32.4 Å². The van der Waals surface area contributed by atoms with Gasteiger partial charge in [0.25, 0.3) is 5.56 Å². The predicted octanol–water partition coefficient (Wildman–Crippen LogP) is 5.15. The minimum absolute atomic E-state index is 0.0232. The molecule has 0 saturated heterocycles. The van der Waals surface area contributed by atoms with Crippen LogP contribution in [0, 0.1) is 0 Å². The van der Waals surface area contributed by atoms with E-state index in [-0.39, 0.29) is 23.1 Å². The smallest absolute Gasteiger partial charge is 0.262 e. The van der Waals surface area contributed by atoms with Crippen molar-refractivity contribution in [3.63, 3.8) is 0 Å². The van der Waals surface area contributed by atoms with Crippen LogP contribution in [0.4, 0.5) is 0 Å². The molecule has 0 atom stereocenters. The zero-order valence-electron chi connectivity index (χ0n) is 16.1. The van der Waals surface area contributed by atoms with Gasteiger partial charge in [-0.2, -0.15) is 0 Å². The van der Waals surface area contributed by atoms with Gasteiger partial charge in [-0.3, -0.25) is 14.2 Å². The van der Waals surface area contributed by atoms with Crippen LogP contribution in [0.2, 0.25) is 5.02 Å². The molecule has 1 saturated carbocycles. The first kappa shape index (κ1) is 20.0. The molecule has 0 N–H and O–H groups in total. The number of hydrogen-bond acceptors (Lipinski definition) is 5. The van der Waals surface area contributed by atoms with Crippen molar-refractivity contribution in [1.82, 2.24) is 9.55 Å². The van der Waals surface area contributed by atoms with Gasteiger partial charge in [0.15, 0.2) is 10.9 Å². The summed E-state index contributed by atoms with van der Waals surface area (Å²) in [7, 11) is 1.53. The second-order valence-electron chi connectivity index (χ2n) is 7.09. The van der Waals surface area contributed by atoms with Gasteiger partial charge in [-0.05, 0) is 43.2 Å². The molecule has 0 amide bonds. The summed E-state index contributed by atoms with van der Waals surface area (Å²) in [5, 5.41) is 1.63. The second kappa shape index (κ2) is 8.59. The number of halogens is 1. The van der Waals surface area contributed by atoms with Crippen LogP contribution < -0.4 is 10.3 Å². The van der Waals surface area contributed by atoms with Gasteiger partial charge in [0, 0.05) is 11.6 Å². The number of carbonyl (C=O) groups is 1. The predicted molar refractivity (Wildman–Crippen MR) is 117 cm³/mol. The number of carbonyl (C=O) groups excluding carboxylic acids is 1. The molecule has 29 heavy (non-hydrogen) atoms. The van der Waals surface area contributed by atoms with Crippen LogP contribution in [0.5, 0.6) is 5.75 Å². The fourth-order valence-electron chi connectivity index (χ4n) is 3.77. The Balaban J connectivity index is 1.64. The van der Waals surface area contributed by atoms with E-state index in [4.69, 9.17) is 21.3 Å². The molecule has 4 rings (SSSR count). The van der Waals surface area contributed by atoms with Crippen molar-refractivity contribution in [1.29, 1.82) is 0 Å². The van der Waals surface area contributed by atoms with E-state index in [1.807, 2.05) is 24.3 Å². The molecule has 1 fully saturated rings. The van der Waals surface area contributed by atoms with Crippen molar-refractivity contribution in [3.05, 3.63) is 63.4 Å². The van der Waals surface area contributed by atoms with Crippen LogP contribution in [-0.2, 0) is 0 Å². The van der Waals surface area contributed by atoms with Crippen molar-refractivity contribution >= 4 is 40.0 Å². The van der Waals surface area contributed by atoms with Crippen LogP contribution in [0.3, 0.4) is 0 Å². The van der Waals surface area contributed by atoms with Crippen molar-refractivity contribution in [2.24, 2.45) is 0 Å². The van der Waals surface area contributed by atoms with Gasteiger partial charge in [-0.25, -0.2) is 4.98 Å². The summed E-state index contributed by atoms with van der Waals surface area (Å²) in [6, 6.07) is 12.5. The minimum Gasteiger partial charge on any atom is -0.495 e. The van der Waals surface area contributed by atoms with Gasteiger partial charge in [0.2, 0.25) is 0 Å². The third-order valence-electron chi connectivity index (χ3n) is 5.27. The number of aromatic nitrogens is 2. The van der Waals surface area contributed by atoms with E-state index in [2.05, 4.69) is 0 Å². The summed E-state index contributed by atoms with van der Waals surface area (Å²) >= 11 is 7.46. The number of ketones is 1. The molecule has 150 valence electrons. The van der Waals surface area contributed by atoms with Gasteiger partial charge in [0.1, 0.15) is 5.75 Å². The van der Waals surface area contributed by atoms with Crippen molar-refractivity contribution in [2.45, 2.75) is 36.9 Å². The van der Waals surface area contributed by atoms with Gasteiger partial charge in [-0.1, -0.05) is 48.3 Å². The molecular weight excluding hydrogens is 408 g/mol. The fourth-order valence-corrected chi connectivity index (χ4v) is 4.98. The number of Topliss-reactive ketones (excluding diaryl/α,β-unsaturated/α-hetero) is 1. The molecule has 3 aromatic rings. The first-order valence-corrected chi connectivity index (χ1v) is 11.0. The largest absolute Gasteiger partial charge is 0.495 e. The Kier molecular flexibility index (Phi) is 5.92. The number of methoxy groups -OCH3 is 1. The molecule has 0 radical (unpaired) electrons. The first-order valence-electron chi connectivity index (χ1n) is 9.59. The number of fused-ring (bicyclic) bond motifs is 1. The number of hydrogen-bond donors (Lipinski definition) is 0. The zero-order chi connectivity index (χ0) is 20.4. The molecule has 7 heteroatoms. The number of ether oxygens (including phenoxy) is 1. The molecule has 1 aliphatic carbocycles. The maximum Gasteiger partial charge on any atom is 0.262 e. The highest BCUT2D eigenvalue weighted by Crippen LogP contribution is 2.32. The quantitative estimate of drug-likeness (QED) is 0.308. The lowest BCUT2D eigenvalue weighted by molar-refractivity contribution is 0.102. The fraction of sp³-hybridized carbons (Fsp3) is 0.318. The average Bonchev–Trinajstić information content (AvgIpc) is 3.26. The van der Waals surface area contributed by atoms with Crippen LogP contribution in [0.15, 0.2) is 52.4 Å². The Hall–Kier alpha value is -2.31. The van der Waals surface area contributed by atoms with E-state index in [0.717, 1.165) is 25.7 Å². The average molecular weight is 429 g/mol. The van der Waals surface area contributed by atoms with Crippen molar-refractivity contribution < 1.29 is 9.53 Å². The summed E-state index contributed by atoms with van der Waals surface area (Å²) in [6.45, 7) is 0. The Morgan fingerprint density at radius 2 is 2.00 bits per heavy atom.